The summed E-state index contributed by atoms with van der Waals surface area (Å²) in [5.74, 6) is 0. The molecule has 0 fully saturated rings. The number of rotatable bonds is 6. The zero-order valence-electron chi connectivity index (χ0n) is 9.34. The highest BCUT2D eigenvalue weighted by Gasteiger charge is 2.01. The van der Waals surface area contributed by atoms with E-state index in [2.05, 4.69) is 36.0 Å². The summed E-state index contributed by atoms with van der Waals surface area (Å²) in [6.45, 7) is 4.77. The van der Waals surface area contributed by atoms with Crippen LogP contribution < -0.4 is 5.32 Å². The molecule has 0 atom stereocenters. The standard InChI is InChI=1S/C11H20N2O/c1-4-10-5-6-11(13(10)2)9-12-7-8-14-3/h5-6,12H,4,7-9H2,1-3H3. The summed E-state index contributed by atoms with van der Waals surface area (Å²) in [4.78, 5) is 0. The number of ether oxygens (including phenoxy) is 1. The van der Waals surface area contributed by atoms with Gasteiger partial charge >= 0.3 is 0 Å². The maximum atomic E-state index is 4.97. The van der Waals surface area contributed by atoms with Crippen LogP contribution >= 0.6 is 0 Å². The lowest BCUT2D eigenvalue weighted by Crippen LogP contribution is -2.20. The first-order valence-corrected chi connectivity index (χ1v) is 5.12. The second kappa shape index (κ2) is 5.83. The van der Waals surface area contributed by atoms with Crippen LogP contribution in [0.15, 0.2) is 12.1 Å². The van der Waals surface area contributed by atoms with Crippen LogP contribution in [0.4, 0.5) is 0 Å². The second-order valence-electron chi connectivity index (χ2n) is 3.40. The molecule has 0 aromatic carbocycles. The third-order valence-electron chi connectivity index (χ3n) is 2.48. The lowest BCUT2D eigenvalue weighted by Gasteiger charge is -2.07. The van der Waals surface area contributed by atoms with Gasteiger partial charge in [0.25, 0.3) is 0 Å². The van der Waals surface area contributed by atoms with Crippen molar-refractivity contribution in [2.24, 2.45) is 7.05 Å². The molecule has 0 bridgehead atoms. The van der Waals surface area contributed by atoms with E-state index < -0.39 is 0 Å². The second-order valence-corrected chi connectivity index (χ2v) is 3.40. The lowest BCUT2D eigenvalue weighted by molar-refractivity contribution is 0.199. The highest BCUT2D eigenvalue weighted by Crippen LogP contribution is 2.07. The van der Waals surface area contributed by atoms with E-state index in [1.807, 2.05) is 0 Å². The third kappa shape index (κ3) is 2.86. The Morgan fingerprint density at radius 2 is 2.07 bits per heavy atom. The molecule has 1 rings (SSSR count). The average Bonchev–Trinajstić information content (AvgIpc) is 2.55. The molecule has 0 aliphatic heterocycles. The van der Waals surface area contributed by atoms with Gasteiger partial charge in [-0.3, -0.25) is 0 Å². The van der Waals surface area contributed by atoms with Gasteiger partial charge in [-0.25, -0.2) is 0 Å². The van der Waals surface area contributed by atoms with Crippen LogP contribution in [0.25, 0.3) is 0 Å². The summed E-state index contributed by atoms with van der Waals surface area (Å²) < 4.78 is 7.22. The van der Waals surface area contributed by atoms with Crippen LogP contribution in [0.5, 0.6) is 0 Å². The Morgan fingerprint density at radius 3 is 2.64 bits per heavy atom. The maximum absolute atomic E-state index is 4.97. The largest absolute Gasteiger partial charge is 0.383 e. The molecule has 3 heteroatoms. The molecule has 1 N–H and O–H groups in total. The monoisotopic (exact) mass is 196 g/mol. The van der Waals surface area contributed by atoms with Gasteiger partial charge in [-0.2, -0.15) is 0 Å². The Hall–Kier alpha value is -0.800. The molecule has 3 nitrogen and oxygen atoms in total. The molecule has 80 valence electrons. The Balaban J connectivity index is 2.39. The number of nitrogens with one attached hydrogen (secondary N) is 1. The summed E-state index contributed by atoms with van der Waals surface area (Å²) in [5.41, 5.74) is 2.71. The van der Waals surface area contributed by atoms with E-state index in [1.54, 1.807) is 7.11 Å². The van der Waals surface area contributed by atoms with Crippen molar-refractivity contribution >= 4 is 0 Å². The minimum atomic E-state index is 0.769. The summed E-state index contributed by atoms with van der Waals surface area (Å²) in [6, 6.07) is 4.37. The van der Waals surface area contributed by atoms with Crippen LogP contribution in [0.1, 0.15) is 18.3 Å². The number of nitrogens with zero attached hydrogens (tertiary/aromatic N) is 1. The zero-order valence-corrected chi connectivity index (χ0v) is 9.34. The molecule has 0 aliphatic carbocycles. The normalized spacial score (nSPS) is 10.8. The van der Waals surface area contributed by atoms with Crippen LogP contribution in [-0.4, -0.2) is 24.8 Å². The van der Waals surface area contributed by atoms with E-state index in [1.165, 1.54) is 11.4 Å². The number of hydrogen-bond donors (Lipinski definition) is 1. The van der Waals surface area contributed by atoms with Crippen molar-refractivity contribution in [3.05, 3.63) is 23.5 Å². The highest BCUT2D eigenvalue weighted by atomic mass is 16.5. The fourth-order valence-corrected chi connectivity index (χ4v) is 1.52. The maximum Gasteiger partial charge on any atom is 0.0587 e. The summed E-state index contributed by atoms with van der Waals surface area (Å²) in [5, 5.41) is 3.34. The Kier molecular flexibility index (Phi) is 4.70. The fraction of sp³-hybridized carbons (Fsp3) is 0.636. The van der Waals surface area contributed by atoms with E-state index in [4.69, 9.17) is 4.74 Å². The fourth-order valence-electron chi connectivity index (χ4n) is 1.52. The quantitative estimate of drug-likeness (QED) is 0.695. The van der Waals surface area contributed by atoms with Crippen LogP contribution in [-0.2, 0) is 24.8 Å². The van der Waals surface area contributed by atoms with Gasteiger partial charge in [-0.1, -0.05) is 6.92 Å². The van der Waals surface area contributed by atoms with Crippen molar-refractivity contribution in [3.63, 3.8) is 0 Å². The van der Waals surface area contributed by atoms with E-state index in [0.29, 0.717) is 0 Å². The summed E-state index contributed by atoms with van der Waals surface area (Å²) >= 11 is 0. The zero-order chi connectivity index (χ0) is 10.4. The van der Waals surface area contributed by atoms with Gasteiger partial charge in [0.15, 0.2) is 0 Å². The van der Waals surface area contributed by atoms with Crippen molar-refractivity contribution in [3.8, 4) is 0 Å². The van der Waals surface area contributed by atoms with E-state index >= 15 is 0 Å². The molecule has 0 saturated heterocycles. The van der Waals surface area contributed by atoms with Crippen LogP contribution in [0, 0.1) is 0 Å². The highest BCUT2D eigenvalue weighted by molar-refractivity contribution is 5.15. The summed E-state index contributed by atoms with van der Waals surface area (Å²) in [6.07, 6.45) is 1.09. The van der Waals surface area contributed by atoms with Gasteiger partial charge in [-0.15, -0.1) is 0 Å². The number of aryl methyl sites for hydroxylation is 1. The van der Waals surface area contributed by atoms with E-state index in [-0.39, 0.29) is 0 Å². The Labute approximate surface area is 86.1 Å². The topological polar surface area (TPSA) is 26.2 Å². The first kappa shape index (κ1) is 11.3. The van der Waals surface area contributed by atoms with E-state index in [9.17, 15) is 0 Å². The van der Waals surface area contributed by atoms with E-state index in [0.717, 1.165) is 26.1 Å². The van der Waals surface area contributed by atoms with Gasteiger partial charge in [0.2, 0.25) is 0 Å². The number of methoxy groups -OCH3 is 1. The summed E-state index contributed by atoms with van der Waals surface area (Å²) in [7, 11) is 3.84. The SMILES string of the molecule is CCc1ccc(CNCCOC)n1C. The van der Waals surface area contributed by atoms with Crippen molar-refractivity contribution in [1.29, 1.82) is 0 Å². The van der Waals surface area contributed by atoms with Gasteiger partial charge in [0.05, 0.1) is 6.61 Å². The molecule has 14 heavy (non-hydrogen) atoms. The predicted molar refractivity (Wildman–Crippen MR) is 58.4 cm³/mol. The van der Waals surface area contributed by atoms with Crippen LogP contribution in [0.2, 0.25) is 0 Å². The molecule has 0 saturated carbocycles. The predicted octanol–water partition coefficient (Wildman–Crippen LogP) is 1.32. The van der Waals surface area contributed by atoms with Gasteiger partial charge in [0, 0.05) is 38.6 Å². The molecular formula is C11H20N2O. The van der Waals surface area contributed by atoms with Crippen LogP contribution in [0.3, 0.4) is 0 Å². The molecule has 1 aromatic heterocycles. The molecule has 0 aliphatic rings. The first-order chi connectivity index (χ1) is 6.79. The Morgan fingerprint density at radius 1 is 1.36 bits per heavy atom. The molecular weight excluding hydrogens is 176 g/mol. The lowest BCUT2D eigenvalue weighted by atomic mass is 10.3. The molecule has 0 amide bonds. The molecule has 0 spiro atoms. The Bertz CT molecular complexity index is 268. The van der Waals surface area contributed by atoms with Crippen molar-refractivity contribution in [2.75, 3.05) is 20.3 Å². The molecule has 1 aromatic rings. The van der Waals surface area contributed by atoms with Gasteiger partial charge < -0.3 is 14.6 Å². The first-order valence-electron chi connectivity index (χ1n) is 5.12. The number of aromatic nitrogens is 1. The van der Waals surface area contributed by atoms with Crippen molar-refractivity contribution < 1.29 is 4.74 Å². The van der Waals surface area contributed by atoms with Crippen molar-refractivity contribution in [1.82, 2.24) is 9.88 Å². The minimum Gasteiger partial charge on any atom is -0.383 e. The molecule has 0 unspecified atom stereocenters. The van der Waals surface area contributed by atoms with Crippen molar-refractivity contribution in [2.45, 2.75) is 19.9 Å². The minimum absolute atomic E-state index is 0.769. The third-order valence-corrected chi connectivity index (χ3v) is 2.48. The van der Waals surface area contributed by atoms with Gasteiger partial charge in [0.1, 0.15) is 0 Å². The number of hydrogen-bond acceptors (Lipinski definition) is 2. The average molecular weight is 196 g/mol. The molecule has 1 heterocycles. The van der Waals surface area contributed by atoms with Gasteiger partial charge in [-0.05, 0) is 18.6 Å². The molecule has 0 radical (unpaired) electrons. The smallest absolute Gasteiger partial charge is 0.0587 e.